The van der Waals surface area contributed by atoms with E-state index < -0.39 is 17.7 Å². The second kappa shape index (κ2) is 10.0. The predicted molar refractivity (Wildman–Crippen MR) is 136 cm³/mol. The summed E-state index contributed by atoms with van der Waals surface area (Å²) in [4.78, 5) is 27.7. The van der Waals surface area contributed by atoms with E-state index in [0.717, 1.165) is 5.56 Å². The van der Waals surface area contributed by atoms with Gasteiger partial charge in [0.25, 0.3) is 5.78 Å². The maximum Gasteiger partial charge on any atom is 0.301 e. The van der Waals surface area contributed by atoms with Gasteiger partial charge in [0.05, 0.1) is 18.7 Å². The van der Waals surface area contributed by atoms with Crippen LogP contribution in [0.1, 0.15) is 28.5 Å². The first-order valence-electron chi connectivity index (χ1n) is 11.6. The zero-order valence-electron chi connectivity index (χ0n) is 20.3. The number of aromatic nitrogens is 1. The third kappa shape index (κ3) is 4.56. The van der Waals surface area contributed by atoms with Crippen molar-refractivity contribution in [2.45, 2.75) is 19.6 Å². The fraction of sp³-hybridized carbons (Fsp3) is 0.138. The number of methoxy groups -OCH3 is 1. The lowest BCUT2D eigenvalue weighted by Gasteiger charge is -2.23. The molecule has 0 radical (unpaired) electrons. The molecule has 1 fully saturated rings. The lowest BCUT2D eigenvalue weighted by molar-refractivity contribution is -0.132. The zero-order valence-corrected chi connectivity index (χ0v) is 20.3. The van der Waals surface area contributed by atoms with E-state index in [4.69, 9.17) is 14.0 Å². The topological polar surface area (TPSA) is 102 Å². The van der Waals surface area contributed by atoms with Crippen LogP contribution in [0.15, 0.2) is 95.0 Å². The van der Waals surface area contributed by atoms with Gasteiger partial charge in [0, 0.05) is 11.6 Å². The Morgan fingerprint density at radius 3 is 2.32 bits per heavy atom. The van der Waals surface area contributed by atoms with Crippen molar-refractivity contribution in [1.29, 1.82) is 0 Å². The van der Waals surface area contributed by atoms with Crippen LogP contribution in [0.3, 0.4) is 0 Å². The number of aryl methyl sites for hydroxylation is 1. The Labute approximate surface area is 213 Å². The van der Waals surface area contributed by atoms with E-state index in [9.17, 15) is 14.7 Å². The van der Waals surface area contributed by atoms with E-state index >= 15 is 0 Å². The van der Waals surface area contributed by atoms with Gasteiger partial charge < -0.3 is 19.1 Å². The smallest absolute Gasteiger partial charge is 0.301 e. The molecule has 8 heteroatoms. The third-order valence-corrected chi connectivity index (χ3v) is 6.09. The number of hydrogen-bond donors (Lipinski definition) is 1. The van der Waals surface area contributed by atoms with Gasteiger partial charge in [0.2, 0.25) is 0 Å². The number of ether oxygens (including phenoxy) is 2. The quantitative estimate of drug-likeness (QED) is 0.213. The number of amides is 1. The van der Waals surface area contributed by atoms with Crippen molar-refractivity contribution in [3.8, 4) is 11.5 Å². The first-order valence-corrected chi connectivity index (χ1v) is 11.6. The summed E-state index contributed by atoms with van der Waals surface area (Å²) in [5.74, 6) is -0.381. The van der Waals surface area contributed by atoms with Crippen LogP contribution >= 0.6 is 0 Å². The number of carbonyl (C=O) groups is 2. The highest BCUT2D eigenvalue weighted by atomic mass is 16.5. The van der Waals surface area contributed by atoms with Crippen LogP contribution in [0.2, 0.25) is 0 Å². The normalized spacial score (nSPS) is 16.7. The molecule has 1 aliphatic rings. The van der Waals surface area contributed by atoms with Crippen LogP contribution < -0.4 is 14.4 Å². The van der Waals surface area contributed by atoms with E-state index in [1.54, 1.807) is 61.5 Å². The minimum Gasteiger partial charge on any atom is -0.507 e. The third-order valence-electron chi connectivity index (χ3n) is 6.09. The minimum atomic E-state index is -0.971. The fourth-order valence-electron chi connectivity index (χ4n) is 4.31. The summed E-state index contributed by atoms with van der Waals surface area (Å²) in [6, 6.07) is 24.0. The number of Topliss-reactive ketones (excluding diaryl/α,β-unsaturated/α-hetero) is 1. The van der Waals surface area contributed by atoms with Crippen molar-refractivity contribution >= 4 is 23.3 Å². The molecule has 0 aliphatic carbocycles. The number of ketones is 1. The van der Waals surface area contributed by atoms with Crippen LogP contribution in [0.4, 0.5) is 5.82 Å². The largest absolute Gasteiger partial charge is 0.507 e. The molecule has 8 nitrogen and oxygen atoms in total. The fourth-order valence-corrected chi connectivity index (χ4v) is 4.31. The summed E-state index contributed by atoms with van der Waals surface area (Å²) in [5.41, 5.74) is 1.88. The molecule has 0 bridgehead atoms. The Bertz CT molecular complexity index is 1480. The molecule has 1 saturated heterocycles. The summed E-state index contributed by atoms with van der Waals surface area (Å²) >= 11 is 0. The van der Waals surface area contributed by atoms with E-state index in [1.165, 1.54) is 12.0 Å². The van der Waals surface area contributed by atoms with Gasteiger partial charge in [-0.05, 0) is 30.2 Å². The van der Waals surface area contributed by atoms with Crippen LogP contribution in [-0.4, -0.2) is 29.1 Å². The standard InChI is InChI=1S/C29H24N2O6/c1-18-15-24(30-37-18)31-26(25(28(33)29(31)34)27(32)20-11-7-4-8-12-20)21-13-14-22(23(16-21)35-2)36-17-19-9-5-3-6-10-19/h3-16,26,32H,17H2,1-2H3/b27-25+/t26-/m1/s1. The van der Waals surface area contributed by atoms with Crippen LogP contribution in [0.25, 0.3) is 5.76 Å². The van der Waals surface area contributed by atoms with Crippen molar-refractivity contribution in [2.24, 2.45) is 0 Å². The molecule has 5 rings (SSSR count). The minimum absolute atomic E-state index is 0.0585. The van der Waals surface area contributed by atoms with E-state index in [2.05, 4.69) is 5.16 Å². The molecule has 1 amide bonds. The molecule has 2 heterocycles. The Morgan fingerprint density at radius 1 is 0.973 bits per heavy atom. The Balaban J connectivity index is 1.60. The number of nitrogens with zero attached hydrogens (tertiary/aromatic N) is 2. The second-order valence-electron chi connectivity index (χ2n) is 8.52. The molecule has 1 aromatic heterocycles. The Kier molecular flexibility index (Phi) is 6.47. The van der Waals surface area contributed by atoms with Gasteiger partial charge >= 0.3 is 5.91 Å². The van der Waals surface area contributed by atoms with Crippen LogP contribution in [0, 0.1) is 6.92 Å². The van der Waals surface area contributed by atoms with Crippen molar-refractivity contribution in [3.63, 3.8) is 0 Å². The lowest BCUT2D eigenvalue weighted by atomic mass is 9.95. The summed E-state index contributed by atoms with van der Waals surface area (Å²) in [7, 11) is 1.51. The number of rotatable bonds is 7. The van der Waals surface area contributed by atoms with E-state index in [-0.39, 0.29) is 17.2 Å². The highest BCUT2D eigenvalue weighted by Gasteiger charge is 2.48. The van der Waals surface area contributed by atoms with Gasteiger partial charge in [-0.3, -0.25) is 14.5 Å². The SMILES string of the molecule is COc1cc([C@@H]2/C(=C(\O)c3ccccc3)C(=O)C(=O)N2c2cc(C)on2)ccc1OCc1ccccc1. The average molecular weight is 497 g/mol. The number of carbonyl (C=O) groups excluding carboxylic acids is 2. The molecule has 3 aromatic carbocycles. The highest BCUT2D eigenvalue weighted by molar-refractivity contribution is 6.51. The number of hydrogen-bond acceptors (Lipinski definition) is 7. The average Bonchev–Trinajstić information content (AvgIpc) is 3.48. The molecular formula is C29H24N2O6. The van der Waals surface area contributed by atoms with Gasteiger partial charge in [-0.25, -0.2) is 0 Å². The van der Waals surface area contributed by atoms with Crippen LogP contribution in [-0.2, 0) is 16.2 Å². The number of aliphatic hydroxyl groups excluding tert-OH is 1. The van der Waals surface area contributed by atoms with Gasteiger partial charge in [0.1, 0.15) is 18.1 Å². The van der Waals surface area contributed by atoms with Gasteiger partial charge in [-0.15, -0.1) is 0 Å². The van der Waals surface area contributed by atoms with E-state index in [0.29, 0.717) is 35.0 Å². The number of aliphatic hydroxyl groups is 1. The molecule has 0 saturated carbocycles. The van der Waals surface area contributed by atoms with Crippen LogP contribution in [0.5, 0.6) is 11.5 Å². The predicted octanol–water partition coefficient (Wildman–Crippen LogP) is 5.20. The van der Waals surface area contributed by atoms with Gasteiger partial charge in [0.15, 0.2) is 17.3 Å². The Morgan fingerprint density at radius 2 is 1.68 bits per heavy atom. The van der Waals surface area contributed by atoms with Crippen molar-refractivity contribution < 1.29 is 28.7 Å². The molecular weight excluding hydrogens is 472 g/mol. The second-order valence-corrected chi connectivity index (χ2v) is 8.52. The number of anilines is 1. The summed E-state index contributed by atoms with van der Waals surface area (Å²) in [6.07, 6.45) is 0. The molecule has 37 heavy (non-hydrogen) atoms. The summed E-state index contributed by atoms with van der Waals surface area (Å²) < 4.78 is 16.7. The molecule has 1 atom stereocenters. The highest BCUT2D eigenvalue weighted by Crippen LogP contribution is 2.44. The molecule has 0 spiro atoms. The van der Waals surface area contributed by atoms with Crippen molar-refractivity contribution in [2.75, 3.05) is 12.0 Å². The maximum atomic E-state index is 13.3. The van der Waals surface area contributed by atoms with Crippen molar-refractivity contribution in [3.05, 3.63) is 113 Å². The molecule has 186 valence electrons. The zero-order chi connectivity index (χ0) is 25.9. The molecule has 0 unspecified atom stereocenters. The maximum absolute atomic E-state index is 13.3. The van der Waals surface area contributed by atoms with E-state index in [1.807, 2.05) is 30.3 Å². The lowest BCUT2D eigenvalue weighted by Crippen LogP contribution is -2.29. The molecule has 4 aromatic rings. The number of benzene rings is 3. The first-order chi connectivity index (χ1) is 18.0. The van der Waals surface area contributed by atoms with Gasteiger partial charge in [-0.1, -0.05) is 71.9 Å². The summed E-state index contributed by atoms with van der Waals surface area (Å²) in [5, 5.41) is 15.1. The Hall–Kier alpha value is -4.85. The summed E-state index contributed by atoms with van der Waals surface area (Å²) in [6.45, 7) is 2.02. The molecule has 1 aliphatic heterocycles. The van der Waals surface area contributed by atoms with Crippen molar-refractivity contribution in [1.82, 2.24) is 5.16 Å². The first kappa shape index (κ1) is 23.9. The van der Waals surface area contributed by atoms with Gasteiger partial charge in [-0.2, -0.15) is 0 Å². The monoisotopic (exact) mass is 496 g/mol. The molecule has 1 N–H and O–H groups in total.